The number of halogens is 1. The fraction of sp³-hybridized carbons (Fsp3) is 0.875. The second kappa shape index (κ2) is 12.5. The van der Waals surface area contributed by atoms with Crippen molar-refractivity contribution < 1.29 is 14.3 Å². The van der Waals surface area contributed by atoms with E-state index >= 15 is 0 Å². The molecule has 0 saturated carbocycles. The molecule has 20 heavy (non-hydrogen) atoms. The topological polar surface area (TPSA) is 43.4 Å². The van der Waals surface area contributed by atoms with Crippen LogP contribution in [0.25, 0.3) is 0 Å². The molecule has 0 radical (unpaired) electrons. The number of hydrogen-bond acceptors (Lipinski definition) is 3. The Hall–Kier alpha value is -0.220. The van der Waals surface area contributed by atoms with Crippen LogP contribution >= 0.6 is 15.9 Å². The molecule has 0 unspecified atom stereocenters. The van der Waals surface area contributed by atoms with Gasteiger partial charge in [-0.2, -0.15) is 0 Å². The largest absolute Gasteiger partial charge is 0.382 e. The van der Waals surface area contributed by atoms with Crippen LogP contribution in [0.3, 0.4) is 0 Å². The first-order chi connectivity index (χ1) is 8.84. The lowest BCUT2D eigenvalue weighted by atomic mass is 9.92. The van der Waals surface area contributed by atoms with Gasteiger partial charge in [0.2, 0.25) is 0 Å². The maximum absolute atomic E-state index is 10.8. The molecule has 4 heteroatoms. The van der Waals surface area contributed by atoms with Crippen LogP contribution in [0.4, 0.5) is 0 Å². The van der Waals surface area contributed by atoms with Crippen LogP contribution in [0.1, 0.15) is 62.3 Å². The van der Waals surface area contributed by atoms with Crippen molar-refractivity contribution >= 4 is 27.5 Å². The molecular weight excluding hydrogens is 320 g/mol. The molecule has 0 N–H and O–H groups in total. The van der Waals surface area contributed by atoms with E-state index in [1.54, 1.807) is 6.92 Å². The van der Waals surface area contributed by atoms with E-state index in [1.807, 2.05) is 55.4 Å². The number of carbonyl (C=O) groups excluding carboxylic acids is 2. The SMILES string of the molecule is CC(=O)C(C)(C)C.CC(C)(C)C(=O)CBr.CCOCC. The zero-order valence-corrected chi connectivity index (χ0v) is 16.3. The quantitative estimate of drug-likeness (QED) is 0.693. The maximum Gasteiger partial charge on any atom is 0.148 e. The second-order valence-electron chi connectivity index (χ2n) is 6.39. The first kappa shape index (κ1) is 24.8. The summed E-state index contributed by atoms with van der Waals surface area (Å²) in [7, 11) is 0. The van der Waals surface area contributed by atoms with Gasteiger partial charge < -0.3 is 4.74 Å². The number of ketones is 2. The third-order valence-electron chi connectivity index (χ3n) is 2.42. The van der Waals surface area contributed by atoms with Gasteiger partial charge in [-0.05, 0) is 20.8 Å². The van der Waals surface area contributed by atoms with Gasteiger partial charge in [0, 0.05) is 24.0 Å². The first-order valence-corrected chi connectivity index (χ1v) is 8.14. The van der Waals surface area contributed by atoms with Crippen molar-refractivity contribution in [1.29, 1.82) is 0 Å². The molecule has 122 valence electrons. The first-order valence-electron chi connectivity index (χ1n) is 7.02. The van der Waals surface area contributed by atoms with Crippen LogP contribution in [0.5, 0.6) is 0 Å². The molecular formula is C16H33BrO3. The second-order valence-corrected chi connectivity index (χ2v) is 6.96. The van der Waals surface area contributed by atoms with Gasteiger partial charge in [0.25, 0.3) is 0 Å². The summed E-state index contributed by atoms with van der Waals surface area (Å²) in [4.78, 5) is 21.3. The van der Waals surface area contributed by atoms with E-state index in [1.165, 1.54) is 0 Å². The summed E-state index contributed by atoms with van der Waals surface area (Å²) in [5.74, 6) is 0.491. The zero-order chi connectivity index (χ0) is 17.0. The van der Waals surface area contributed by atoms with Crippen LogP contribution in [-0.4, -0.2) is 30.1 Å². The predicted octanol–water partition coefficient (Wildman–Crippen LogP) is 4.66. The lowest BCUT2D eigenvalue weighted by Crippen LogP contribution is -2.20. The molecule has 0 bridgehead atoms. The Balaban J connectivity index is -0.000000223. The smallest absolute Gasteiger partial charge is 0.148 e. The third-order valence-corrected chi connectivity index (χ3v) is 2.93. The van der Waals surface area contributed by atoms with Gasteiger partial charge in [-0.25, -0.2) is 0 Å². The van der Waals surface area contributed by atoms with Gasteiger partial charge in [0.15, 0.2) is 0 Å². The van der Waals surface area contributed by atoms with Gasteiger partial charge in [0.05, 0.1) is 5.33 Å². The van der Waals surface area contributed by atoms with Crippen LogP contribution in [0, 0.1) is 10.8 Å². The zero-order valence-electron chi connectivity index (χ0n) is 14.7. The molecule has 0 fully saturated rings. The molecule has 0 aromatic rings. The average molecular weight is 353 g/mol. The van der Waals surface area contributed by atoms with Crippen LogP contribution in [0.15, 0.2) is 0 Å². The highest BCUT2D eigenvalue weighted by Crippen LogP contribution is 2.15. The molecule has 0 aliphatic carbocycles. The highest BCUT2D eigenvalue weighted by molar-refractivity contribution is 9.09. The Morgan fingerprint density at radius 2 is 1.20 bits per heavy atom. The summed E-state index contributed by atoms with van der Waals surface area (Å²) in [5.41, 5.74) is -0.316. The highest BCUT2D eigenvalue weighted by Gasteiger charge is 2.18. The third kappa shape index (κ3) is 20.1. The molecule has 0 atom stereocenters. The monoisotopic (exact) mass is 352 g/mol. The minimum atomic E-state index is -0.177. The van der Waals surface area contributed by atoms with Gasteiger partial charge >= 0.3 is 0 Å². The number of rotatable bonds is 3. The van der Waals surface area contributed by atoms with E-state index < -0.39 is 0 Å². The summed E-state index contributed by atoms with van der Waals surface area (Å²) < 4.78 is 4.83. The van der Waals surface area contributed by atoms with Crippen molar-refractivity contribution in [3.05, 3.63) is 0 Å². The lowest BCUT2D eigenvalue weighted by molar-refractivity contribution is -0.124. The van der Waals surface area contributed by atoms with Crippen molar-refractivity contribution in [2.75, 3.05) is 18.5 Å². The number of hydrogen-bond donors (Lipinski definition) is 0. The van der Waals surface area contributed by atoms with Gasteiger partial charge in [-0.3, -0.25) is 9.59 Å². The molecule has 0 aromatic carbocycles. The minimum Gasteiger partial charge on any atom is -0.382 e. The Bertz CT molecular complexity index is 258. The molecule has 0 aromatic heterocycles. The van der Waals surface area contributed by atoms with E-state index in [0.29, 0.717) is 5.33 Å². The Morgan fingerprint density at radius 3 is 1.20 bits per heavy atom. The molecule has 0 heterocycles. The lowest BCUT2D eigenvalue weighted by Gasteiger charge is -2.13. The minimum absolute atomic E-state index is 0.139. The van der Waals surface area contributed by atoms with E-state index in [4.69, 9.17) is 4.74 Å². The number of carbonyl (C=O) groups is 2. The van der Waals surface area contributed by atoms with E-state index in [0.717, 1.165) is 13.2 Å². The van der Waals surface area contributed by atoms with Gasteiger partial charge in [-0.1, -0.05) is 57.5 Å². The highest BCUT2D eigenvalue weighted by atomic mass is 79.9. The van der Waals surface area contributed by atoms with E-state index in [-0.39, 0.29) is 22.4 Å². The van der Waals surface area contributed by atoms with Crippen LogP contribution in [-0.2, 0) is 14.3 Å². The van der Waals surface area contributed by atoms with Crippen LogP contribution < -0.4 is 0 Å². The van der Waals surface area contributed by atoms with Gasteiger partial charge in [-0.15, -0.1) is 0 Å². The van der Waals surface area contributed by atoms with Crippen molar-refractivity contribution in [2.24, 2.45) is 10.8 Å². The van der Waals surface area contributed by atoms with Crippen LogP contribution in [0.2, 0.25) is 0 Å². The summed E-state index contributed by atoms with van der Waals surface area (Å²) >= 11 is 3.10. The summed E-state index contributed by atoms with van der Waals surface area (Å²) in [5, 5.41) is 0.469. The molecule has 0 spiro atoms. The molecule has 0 rings (SSSR count). The van der Waals surface area contributed by atoms with Crippen molar-refractivity contribution in [2.45, 2.75) is 62.3 Å². The molecule has 0 aliphatic rings. The fourth-order valence-electron chi connectivity index (χ4n) is 0.405. The Labute approximate surface area is 134 Å². The number of Topliss-reactive ketones (excluding diaryl/α,β-unsaturated/α-hetero) is 2. The fourth-order valence-corrected chi connectivity index (χ4v) is 1.25. The van der Waals surface area contributed by atoms with Crippen molar-refractivity contribution in [1.82, 2.24) is 0 Å². The molecule has 0 aliphatic heterocycles. The summed E-state index contributed by atoms with van der Waals surface area (Å²) in [6.07, 6.45) is 0. The normalized spacial score (nSPS) is 10.7. The molecule has 0 saturated heterocycles. The Kier molecular flexibility index (Phi) is 15.5. The van der Waals surface area contributed by atoms with E-state index in [9.17, 15) is 9.59 Å². The summed E-state index contributed by atoms with van der Waals surface area (Å²) in [6, 6.07) is 0. The van der Waals surface area contributed by atoms with E-state index in [2.05, 4.69) is 15.9 Å². The maximum atomic E-state index is 10.8. The molecule has 0 amide bonds. The number of ether oxygens (including phenoxy) is 1. The predicted molar refractivity (Wildman–Crippen MR) is 90.6 cm³/mol. The standard InChI is InChI=1S/C6H11BrO.C6H12O.C4H10O/c1-6(2,3)5(8)4-7;1-5(7)6(2,3)4;1-3-5-4-2/h4H2,1-3H3;1-4H3;3-4H2,1-2H3. The van der Waals surface area contributed by atoms with Crippen molar-refractivity contribution in [3.8, 4) is 0 Å². The number of alkyl halides is 1. The van der Waals surface area contributed by atoms with Crippen molar-refractivity contribution in [3.63, 3.8) is 0 Å². The average Bonchev–Trinajstić information content (AvgIpc) is 2.28. The molecule has 3 nitrogen and oxygen atoms in total. The Morgan fingerprint density at radius 1 is 0.900 bits per heavy atom. The summed E-state index contributed by atoms with van der Waals surface area (Å²) in [6.45, 7) is 18.8. The van der Waals surface area contributed by atoms with Gasteiger partial charge in [0.1, 0.15) is 11.6 Å².